The number of unbranched alkanes of at least 4 members (excludes halogenated alkanes) is 1. The third-order valence-electron chi connectivity index (χ3n) is 5.67. The zero-order chi connectivity index (χ0) is 21.1. The van der Waals surface area contributed by atoms with Crippen LogP contribution in [-0.4, -0.2) is 48.8 Å². The minimum Gasteiger partial charge on any atom is -0.354 e. The van der Waals surface area contributed by atoms with Crippen LogP contribution in [0.2, 0.25) is 0 Å². The van der Waals surface area contributed by atoms with E-state index >= 15 is 0 Å². The first-order valence-corrected chi connectivity index (χ1v) is 11.0. The second kappa shape index (κ2) is 12.2. The lowest BCUT2D eigenvalue weighted by Gasteiger charge is -2.33. The summed E-state index contributed by atoms with van der Waals surface area (Å²) in [6.07, 6.45) is 5.45. The van der Waals surface area contributed by atoms with Crippen molar-refractivity contribution in [2.45, 2.75) is 52.4 Å². The number of carbonyl (C=O) groups excluding carboxylic acids is 3. The van der Waals surface area contributed by atoms with Crippen molar-refractivity contribution in [2.75, 3.05) is 26.2 Å². The van der Waals surface area contributed by atoms with Gasteiger partial charge >= 0.3 is 0 Å². The zero-order valence-corrected chi connectivity index (χ0v) is 17.8. The Hall–Kier alpha value is -2.37. The van der Waals surface area contributed by atoms with Gasteiger partial charge in [0.1, 0.15) is 0 Å². The highest BCUT2D eigenvalue weighted by Crippen LogP contribution is 2.22. The van der Waals surface area contributed by atoms with Gasteiger partial charge in [0.25, 0.3) is 5.91 Å². The molecular formula is C23H35N3O3. The standard InChI is InChI=1S/C23H35N3O3/c1-3-5-9-18(4-2)23(29)26-16-12-20(13-17-26)22(28)25-15-14-24-21(27)19-10-7-6-8-11-19/h6-8,10-11,18,20H,3-5,9,12-17H2,1-2H3,(H,24,27)(H,25,28). The van der Waals surface area contributed by atoms with Gasteiger partial charge in [0.05, 0.1) is 0 Å². The maximum Gasteiger partial charge on any atom is 0.251 e. The van der Waals surface area contributed by atoms with Crippen molar-refractivity contribution >= 4 is 17.7 Å². The van der Waals surface area contributed by atoms with Crippen molar-refractivity contribution in [1.29, 1.82) is 0 Å². The summed E-state index contributed by atoms with van der Waals surface area (Å²) >= 11 is 0. The third-order valence-corrected chi connectivity index (χ3v) is 5.67. The number of carbonyl (C=O) groups is 3. The highest BCUT2D eigenvalue weighted by Gasteiger charge is 2.29. The number of hydrogen-bond donors (Lipinski definition) is 2. The van der Waals surface area contributed by atoms with Crippen LogP contribution in [-0.2, 0) is 9.59 Å². The van der Waals surface area contributed by atoms with Crippen LogP contribution >= 0.6 is 0 Å². The second-order valence-corrected chi connectivity index (χ2v) is 7.76. The third kappa shape index (κ3) is 7.18. The van der Waals surface area contributed by atoms with Gasteiger partial charge in [0.2, 0.25) is 11.8 Å². The van der Waals surface area contributed by atoms with Gasteiger partial charge in [-0.15, -0.1) is 0 Å². The van der Waals surface area contributed by atoms with Crippen molar-refractivity contribution in [3.05, 3.63) is 35.9 Å². The van der Waals surface area contributed by atoms with Crippen LogP contribution in [0.1, 0.15) is 62.7 Å². The molecule has 2 N–H and O–H groups in total. The molecule has 0 aliphatic carbocycles. The smallest absolute Gasteiger partial charge is 0.251 e. The van der Waals surface area contributed by atoms with Crippen LogP contribution in [0.3, 0.4) is 0 Å². The van der Waals surface area contributed by atoms with E-state index < -0.39 is 0 Å². The molecule has 1 aromatic carbocycles. The van der Waals surface area contributed by atoms with Gasteiger partial charge in [0.15, 0.2) is 0 Å². The van der Waals surface area contributed by atoms with E-state index in [-0.39, 0.29) is 29.6 Å². The molecule has 160 valence electrons. The Morgan fingerprint density at radius 2 is 1.69 bits per heavy atom. The summed E-state index contributed by atoms with van der Waals surface area (Å²) in [7, 11) is 0. The van der Waals surface area contributed by atoms with Gasteiger partial charge in [-0.2, -0.15) is 0 Å². The molecule has 0 saturated carbocycles. The summed E-state index contributed by atoms with van der Waals surface area (Å²) in [6, 6.07) is 9.02. The van der Waals surface area contributed by atoms with E-state index in [9.17, 15) is 14.4 Å². The quantitative estimate of drug-likeness (QED) is 0.592. The van der Waals surface area contributed by atoms with Gasteiger partial charge in [-0.05, 0) is 37.8 Å². The van der Waals surface area contributed by atoms with Crippen molar-refractivity contribution in [3.63, 3.8) is 0 Å². The van der Waals surface area contributed by atoms with Crippen molar-refractivity contribution in [2.24, 2.45) is 11.8 Å². The molecule has 1 fully saturated rings. The Morgan fingerprint density at radius 3 is 2.31 bits per heavy atom. The molecule has 29 heavy (non-hydrogen) atoms. The molecule has 3 amide bonds. The van der Waals surface area contributed by atoms with E-state index in [0.29, 0.717) is 44.6 Å². The summed E-state index contributed by atoms with van der Waals surface area (Å²) in [6.45, 7) is 6.34. The number of nitrogens with zero attached hydrogens (tertiary/aromatic N) is 1. The Bertz CT molecular complexity index is 655. The van der Waals surface area contributed by atoms with Gasteiger partial charge in [-0.25, -0.2) is 0 Å². The molecule has 0 aromatic heterocycles. The van der Waals surface area contributed by atoms with E-state index in [4.69, 9.17) is 0 Å². The van der Waals surface area contributed by atoms with E-state index in [1.54, 1.807) is 12.1 Å². The first kappa shape index (κ1) is 22.9. The predicted octanol–water partition coefficient (Wildman–Crippen LogP) is 2.99. The number of amides is 3. The van der Waals surface area contributed by atoms with Crippen molar-refractivity contribution in [3.8, 4) is 0 Å². The van der Waals surface area contributed by atoms with E-state index in [1.165, 1.54) is 0 Å². The monoisotopic (exact) mass is 401 g/mol. The molecule has 2 rings (SSSR count). The highest BCUT2D eigenvalue weighted by atomic mass is 16.2. The molecular weight excluding hydrogens is 366 g/mol. The number of likely N-dealkylation sites (tertiary alicyclic amines) is 1. The van der Waals surface area contributed by atoms with Gasteiger partial charge in [-0.3, -0.25) is 14.4 Å². The fraction of sp³-hybridized carbons (Fsp3) is 0.609. The molecule has 1 aliphatic rings. The molecule has 1 aromatic rings. The number of piperidine rings is 1. The molecule has 6 heteroatoms. The van der Waals surface area contributed by atoms with Gasteiger partial charge in [-0.1, -0.05) is 44.9 Å². The lowest BCUT2D eigenvalue weighted by Crippen LogP contribution is -2.45. The number of nitrogens with one attached hydrogen (secondary N) is 2. The lowest BCUT2D eigenvalue weighted by atomic mass is 9.92. The topological polar surface area (TPSA) is 78.5 Å². The van der Waals surface area contributed by atoms with Crippen LogP contribution < -0.4 is 10.6 Å². The lowest BCUT2D eigenvalue weighted by molar-refractivity contribution is -0.139. The SMILES string of the molecule is CCCCC(CC)C(=O)N1CCC(C(=O)NCCNC(=O)c2ccccc2)CC1. The van der Waals surface area contributed by atoms with Crippen molar-refractivity contribution in [1.82, 2.24) is 15.5 Å². The average molecular weight is 402 g/mol. The van der Waals surface area contributed by atoms with Crippen LogP contribution in [0, 0.1) is 11.8 Å². The predicted molar refractivity (Wildman–Crippen MR) is 114 cm³/mol. The molecule has 0 bridgehead atoms. The Balaban J connectivity index is 1.66. The summed E-state index contributed by atoms with van der Waals surface area (Å²) < 4.78 is 0. The van der Waals surface area contributed by atoms with Gasteiger partial charge < -0.3 is 15.5 Å². The van der Waals surface area contributed by atoms with E-state index in [0.717, 1.165) is 25.7 Å². The molecule has 1 atom stereocenters. The highest BCUT2D eigenvalue weighted by molar-refractivity contribution is 5.94. The Labute approximate surface area is 174 Å². The molecule has 0 radical (unpaired) electrons. The van der Waals surface area contributed by atoms with Crippen molar-refractivity contribution < 1.29 is 14.4 Å². The molecule has 1 heterocycles. The van der Waals surface area contributed by atoms with E-state index in [1.807, 2.05) is 23.1 Å². The number of rotatable bonds is 10. The fourth-order valence-electron chi connectivity index (χ4n) is 3.77. The molecule has 1 unspecified atom stereocenters. The average Bonchev–Trinajstić information content (AvgIpc) is 2.77. The number of benzene rings is 1. The van der Waals surface area contributed by atoms with Crippen LogP contribution in [0.5, 0.6) is 0 Å². The van der Waals surface area contributed by atoms with Crippen LogP contribution in [0.15, 0.2) is 30.3 Å². The summed E-state index contributed by atoms with van der Waals surface area (Å²) in [4.78, 5) is 39.0. The maximum atomic E-state index is 12.7. The van der Waals surface area contributed by atoms with Gasteiger partial charge in [0, 0.05) is 43.6 Å². The summed E-state index contributed by atoms with van der Waals surface area (Å²) in [5.41, 5.74) is 0.611. The first-order chi connectivity index (χ1) is 14.1. The number of hydrogen-bond acceptors (Lipinski definition) is 3. The Morgan fingerprint density at radius 1 is 1.03 bits per heavy atom. The summed E-state index contributed by atoms with van der Waals surface area (Å²) in [5, 5.41) is 5.72. The first-order valence-electron chi connectivity index (χ1n) is 11.0. The van der Waals surface area contributed by atoms with Crippen LogP contribution in [0.4, 0.5) is 0 Å². The molecule has 1 saturated heterocycles. The van der Waals surface area contributed by atoms with Crippen LogP contribution in [0.25, 0.3) is 0 Å². The summed E-state index contributed by atoms with van der Waals surface area (Å²) in [5.74, 6) is 0.195. The minimum atomic E-state index is -0.139. The molecule has 1 aliphatic heterocycles. The molecule has 0 spiro atoms. The fourth-order valence-corrected chi connectivity index (χ4v) is 3.77. The largest absolute Gasteiger partial charge is 0.354 e. The Kier molecular flexibility index (Phi) is 9.68. The minimum absolute atomic E-state index is 0.0177. The normalized spacial score (nSPS) is 15.6. The zero-order valence-electron chi connectivity index (χ0n) is 17.8. The molecule has 6 nitrogen and oxygen atoms in total. The second-order valence-electron chi connectivity index (χ2n) is 7.76. The maximum absolute atomic E-state index is 12.7. The van der Waals surface area contributed by atoms with E-state index in [2.05, 4.69) is 24.5 Å².